The van der Waals surface area contributed by atoms with E-state index in [0.29, 0.717) is 16.8 Å². The van der Waals surface area contributed by atoms with E-state index in [1.165, 1.54) is 18.2 Å². The van der Waals surface area contributed by atoms with E-state index in [0.717, 1.165) is 13.1 Å². The number of carbonyl (C=O) groups excluding carboxylic acids is 1. The monoisotopic (exact) mass is 344 g/mol. The average Bonchev–Trinajstić information content (AvgIpc) is 2.41. The highest BCUT2D eigenvalue weighted by Crippen LogP contribution is 2.26. The molecule has 2 atom stereocenters. The number of hydrogen-bond donors (Lipinski definition) is 1. The molecule has 1 aromatic rings. The second kappa shape index (κ2) is 6.54. The molecule has 1 saturated heterocycles. The minimum atomic E-state index is -0.600. The maximum atomic E-state index is 13.0. The Bertz CT molecular complexity index is 498. The van der Waals surface area contributed by atoms with Crippen LogP contribution in [-0.4, -0.2) is 42.6 Å². The molecule has 1 amide bonds. The number of benzene rings is 1. The Morgan fingerprint density at radius 2 is 2.35 bits per heavy atom. The third kappa shape index (κ3) is 3.49. The number of hydrogen-bond acceptors (Lipinski definition) is 3. The van der Waals surface area contributed by atoms with E-state index in [1.807, 2.05) is 11.8 Å². The highest BCUT2D eigenvalue weighted by molar-refractivity contribution is 9.10. The van der Waals surface area contributed by atoms with Crippen molar-refractivity contribution in [2.75, 3.05) is 19.6 Å². The molecule has 0 radical (unpaired) electrons. The van der Waals surface area contributed by atoms with Crippen LogP contribution in [0.25, 0.3) is 0 Å². The molecule has 1 aliphatic rings. The molecule has 6 heteroatoms. The minimum absolute atomic E-state index is 0.0461. The van der Waals surface area contributed by atoms with Gasteiger partial charge in [-0.2, -0.15) is 0 Å². The number of rotatable bonds is 3. The molecule has 0 spiro atoms. The first-order valence-electron chi connectivity index (χ1n) is 6.62. The molecular formula is C14H18BrFN2O2. The topological polar surface area (TPSA) is 41.6 Å². The Morgan fingerprint density at radius 1 is 1.60 bits per heavy atom. The number of nitrogens with zero attached hydrogens (tertiary/aromatic N) is 1. The first-order chi connectivity index (χ1) is 9.49. The van der Waals surface area contributed by atoms with Crippen LogP contribution in [0.5, 0.6) is 5.75 Å². The number of halogens is 2. The van der Waals surface area contributed by atoms with E-state index in [4.69, 9.17) is 4.74 Å². The van der Waals surface area contributed by atoms with Gasteiger partial charge in [-0.05, 0) is 48.0 Å². The maximum absolute atomic E-state index is 13.0. The molecule has 1 unspecified atom stereocenters. The second-order valence-electron chi connectivity index (χ2n) is 4.92. The van der Waals surface area contributed by atoms with Gasteiger partial charge in [0.2, 0.25) is 0 Å². The fourth-order valence-corrected chi connectivity index (χ4v) is 2.66. The molecule has 0 bridgehead atoms. The molecule has 0 aromatic heterocycles. The molecule has 2 rings (SSSR count). The van der Waals surface area contributed by atoms with E-state index in [-0.39, 0.29) is 17.8 Å². The quantitative estimate of drug-likeness (QED) is 0.913. The van der Waals surface area contributed by atoms with Gasteiger partial charge in [0.05, 0.1) is 4.47 Å². The number of piperazine rings is 1. The fourth-order valence-electron chi connectivity index (χ4n) is 2.21. The summed E-state index contributed by atoms with van der Waals surface area (Å²) in [5, 5.41) is 3.24. The number of nitrogens with one attached hydrogen (secondary N) is 1. The van der Waals surface area contributed by atoms with Crippen molar-refractivity contribution >= 4 is 21.8 Å². The Labute approximate surface area is 126 Å². The smallest absolute Gasteiger partial charge is 0.263 e. The summed E-state index contributed by atoms with van der Waals surface area (Å²) in [5.41, 5.74) is 0. The summed E-state index contributed by atoms with van der Waals surface area (Å²) in [5.74, 6) is 0.0733. The predicted molar refractivity (Wildman–Crippen MR) is 78.2 cm³/mol. The normalized spacial score (nSPS) is 20.6. The van der Waals surface area contributed by atoms with Gasteiger partial charge >= 0.3 is 0 Å². The van der Waals surface area contributed by atoms with Gasteiger partial charge in [0.25, 0.3) is 5.91 Å². The SMILES string of the molecule is CC(Oc1ccc(F)cc1Br)C(=O)N1CCNC[C@@H]1C. The standard InChI is InChI=1S/C14H18BrFN2O2/c1-9-8-17-5-6-18(9)14(19)10(2)20-13-4-3-11(16)7-12(13)15/h3-4,7,9-10,17H,5-6,8H2,1-2H3/t9-,10?/m0/s1. The van der Waals surface area contributed by atoms with Gasteiger partial charge in [-0.3, -0.25) is 4.79 Å². The molecule has 110 valence electrons. The van der Waals surface area contributed by atoms with Crippen molar-refractivity contribution in [1.29, 1.82) is 0 Å². The number of ether oxygens (including phenoxy) is 1. The summed E-state index contributed by atoms with van der Waals surface area (Å²) in [6, 6.07) is 4.30. The van der Waals surface area contributed by atoms with E-state index in [2.05, 4.69) is 21.2 Å². The molecule has 4 nitrogen and oxygen atoms in total. The number of carbonyl (C=O) groups is 1. The van der Waals surface area contributed by atoms with Crippen LogP contribution >= 0.6 is 15.9 Å². The van der Waals surface area contributed by atoms with Crippen LogP contribution in [0.2, 0.25) is 0 Å². The van der Waals surface area contributed by atoms with Crippen LogP contribution in [0.3, 0.4) is 0 Å². The van der Waals surface area contributed by atoms with Crippen LogP contribution in [0.1, 0.15) is 13.8 Å². The van der Waals surface area contributed by atoms with Crippen LogP contribution in [0.4, 0.5) is 4.39 Å². The molecule has 0 saturated carbocycles. The maximum Gasteiger partial charge on any atom is 0.263 e. The van der Waals surface area contributed by atoms with Gasteiger partial charge in [0.1, 0.15) is 11.6 Å². The highest BCUT2D eigenvalue weighted by Gasteiger charge is 2.28. The molecule has 0 aliphatic carbocycles. The molecule has 1 aromatic carbocycles. The van der Waals surface area contributed by atoms with Gasteiger partial charge in [-0.15, -0.1) is 0 Å². The highest BCUT2D eigenvalue weighted by atomic mass is 79.9. The lowest BCUT2D eigenvalue weighted by molar-refractivity contribution is -0.140. The summed E-state index contributed by atoms with van der Waals surface area (Å²) in [6.07, 6.45) is -0.600. The molecular weight excluding hydrogens is 327 g/mol. The fraction of sp³-hybridized carbons (Fsp3) is 0.500. The van der Waals surface area contributed by atoms with Crippen molar-refractivity contribution < 1.29 is 13.9 Å². The Kier molecular flexibility index (Phi) is 4.99. The first kappa shape index (κ1) is 15.3. The Hall–Kier alpha value is -1.14. The van der Waals surface area contributed by atoms with Gasteiger partial charge < -0.3 is 15.0 Å². The third-order valence-corrected chi connectivity index (χ3v) is 3.95. The largest absolute Gasteiger partial charge is 0.480 e. The van der Waals surface area contributed by atoms with Crippen LogP contribution in [0.15, 0.2) is 22.7 Å². The predicted octanol–water partition coefficient (Wildman–Crippen LogP) is 2.18. The van der Waals surface area contributed by atoms with E-state index >= 15 is 0 Å². The summed E-state index contributed by atoms with van der Waals surface area (Å²) >= 11 is 3.23. The molecule has 1 aliphatic heterocycles. The van der Waals surface area contributed by atoms with Crippen LogP contribution < -0.4 is 10.1 Å². The number of amides is 1. The zero-order valence-electron chi connectivity index (χ0n) is 11.5. The lowest BCUT2D eigenvalue weighted by Crippen LogP contribution is -2.55. The molecule has 1 N–H and O–H groups in total. The molecule has 20 heavy (non-hydrogen) atoms. The average molecular weight is 345 g/mol. The summed E-state index contributed by atoms with van der Waals surface area (Å²) in [4.78, 5) is 14.2. The molecule has 1 fully saturated rings. The van der Waals surface area contributed by atoms with Crippen molar-refractivity contribution in [3.05, 3.63) is 28.5 Å². The zero-order valence-corrected chi connectivity index (χ0v) is 13.1. The van der Waals surface area contributed by atoms with Crippen molar-refractivity contribution in [1.82, 2.24) is 10.2 Å². The Morgan fingerprint density at radius 3 is 3.00 bits per heavy atom. The lowest BCUT2D eigenvalue weighted by Gasteiger charge is -2.35. The summed E-state index contributed by atoms with van der Waals surface area (Å²) in [7, 11) is 0. The summed E-state index contributed by atoms with van der Waals surface area (Å²) in [6.45, 7) is 5.98. The van der Waals surface area contributed by atoms with Gasteiger partial charge in [-0.1, -0.05) is 0 Å². The van der Waals surface area contributed by atoms with E-state index in [1.54, 1.807) is 6.92 Å². The van der Waals surface area contributed by atoms with E-state index in [9.17, 15) is 9.18 Å². The van der Waals surface area contributed by atoms with E-state index < -0.39 is 6.10 Å². The van der Waals surface area contributed by atoms with Gasteiger partial charge in [0.15, 0.2) is 6.10 Å². The van der Waals surface area contributed by atoms with Crippen molar-refractivity contribution in [2.24, 2.45) is 0 Å². The van der Waals surface area contributed by atoms with Crippen LogP contribution in [0, 0.1) is 5.82 Å². The zero-order chi connectivity index (χ0) is 14.7. The lowest BCUT2D eigenvalue weighted by atomic mass is 10.2. The van der Waals surface area contributed by atoms with Gasteiger partial charge in [-0.25, -0.2) is 4.39 Å². The van der Waals surface area contributed by atoms with Gasteiger partial charge in [0, 0.05) is 25.7 Å². The first-order valence-corrected chi connectivity index (χ1v) is 7.41. The third-order valence-electron chi connectivity index (χ3n) is 3.33. The van der Waals surface area contributed by atoms with Crippen molar-refractivity contribution in [2.45, 2.75) is 26.0 Å². The second-order valence-corrected chi connectivity index (χ2v) is 5.77. The van der Waals surface area contributed by atoms with Crippen molar-refractivity contribution in [3.63, 3.8) is 0 Å². The molecule has 1 heterocycles. The Balaban J connectivity index is 2.03. The minimum Gasteiger partial charge on any atom is -0.480 e. The summed E-state index contributed by atoms with van der Waals surface area (Å²) < 4.78 is 19.2. The van der Waals surface area contributed by atoms with Crippen molar-refractivity contribution in [3.8, 4) is 5.75 Å². The van der Waals surface area contributed by atoms with Crippen LogP contribution in [-0.2, 0) is 4.79 Å².